The van der Waals surface area contributed by atoms with Crippen molar-refractivity contribution < 1.29 is 28.9 Å². The van der Waals surface area contributed by atoms with Crippen LogP contribution in [0.2, 0.25) is 0 Å². The van der Waals surface area contributed by atoms with E-state index < -0.39 is 23.5 Å². The first-order chi connectivity index (χ1) is 18.2. The number of ketones is 1. The molecule has 0 saturated heterocycles. The molecule has 8 heteroatoms. The van der Waals surface area contributed by atoms with Crippen LogP contribution in [0.25, 0.3) is 0 Å². The van der Waals surface area contributed by atoms with E-state index in [0.717, 1.165) is 18.4 Å². The number of benzene rings is 1. The van der Waals surface area contributed by atoms with Gasteiger partial charge < -0.3 is 30.4 Å². The van der Waals surface area contributed by atoms with Crippen LogP contribution in [0.3, 0.4) is 0 Å². The average Bonchev–Trinajstić information content (AvgIpc) is 2.87. The third kappa shape index (κ3) is 11.9. The van der Waals surface area contributed by atoms with Gasteiger partial charge in [-0.3, -0.25) is 9.59 Å². The first-order valence-electron chi connectivity index (χ1n) is 14.2. The number of ether oxygens (including phenoxy) is 3. The molecule has 0 fully saturated rings. The van der Waals surface area contributed by atoms with E-state index in [1.54, 1.807) is 14.2 Å². The fourth-order valence-corrected chi connectivity index (χ4v) is 4.43. The molecule has 0 radical (unpaired) electrons. The fraction of sp³-hybridized carbons (Fsp3) is 0.742. The average molecular weight is 551 g/mol. The number of aliphatic hydroxyl groups excluding tert-OH is 1. The van der Waals surface area contributed by atoms with Gasteiger partial charge >= 0.3 is 0 Å². The van der Waals surface area contributed by atoms with Crippen molar-refractivity contribution in [3.05, 3.63) is 23.8 Å². The number of carbonyl (C=O) groups is 2. The first kappa shape index (κ1) is 34.9. The van der Waals surface area contributed by atoms with Crippen LogP contribution in [0.5, 0.6) is 11.5 Å². The van der Waals surface area contributed by atoms with Gasteiger partial charge in [-0.25, -0.2) is 0 Å². The van der Waals surface area contributed by atoms with E-state index in [9.17, 15) is 14.7 Å². The molecule has 4 N–H and O–H groups in total. The number of amides is 1. The molecule has 0 aromatic heterocycles. The Morgan fingerprint density at radius 2 is 1.69 bits per heavy atom. The molecule has 4 atom stereocenters. The Morgan fingerprint density at radius 3 is 2.23 bits per heavy atom. The van der Waals surface area contributed by atoms with Gasteiger partial charge in [0.1, 0.15) is 5.78 Å². The normalized spacial score (nSPS) is 15.1. The van der Waals surface area contributed by atoms with Crippen molar-refractivity contribution in [1.29, 1.82) is 0 Å². The lowest BCUT2D eigenvalue weighted by atomic mass is 9.80. The predicted octanol–water partition coefficient (Wildman–Crippen LogP) is 4.40. The summed E-state index contributed by atoms with van der Waals surface area (Å²) < 4.78 is 16.5. The Bertz CT molecular complexity index is 886. The Hall–Kier alpha value is -2.16. The Labute approximate surface area is 236 Å². The molecule has 0 unspecified atom stereocenters. The number of rotatable bonds is 19. The summed E-state index contributed by atoms with van der Waals surface area (Å²) in [6, 6.07) is 5.51. The van der Waals surface area contributed by atoms with Crippen LogP contribution < -0.4 is 20.5 Å². The topological polar surface area (TPSA) is 120 Å². The Morgan fingerprint density at radius 1 is 1.03 bits per heavy atom. The highest BCUT2D eigenvalue weighted by atomic mass is 16.5. The lowest BCUT2D eigenvalue weighted by Gasteiger charge is -2.30. The summed E-state index contributed by atoms with van der Waals surface area (Å²) in [4.78, 5) is 24.8. The quantitative estimate of drug-likeness (QED) is 0.218. The maximum atomic E-state index is 13.0. The summed E-state index contributed by atoms with van der Waals surface area (Å²) in [7, 11) is 3.30. The predicted molar refractivity (Wildman–Crippen MR) is 156 cm³/mol. The third-order valence-electron chi connectivity index (χ3n) is 7.78. The van der Waals surface area contributed by atoms with Crippen LogP contribution in [-0.2, 0) is 20.7 Å². The maximum Gasteiger partial charge on any atom is 0.223 e. The summed E-state index contributed by atoms with van der Waals surface area (Å²) >= 11 is 0. The van der Waals surface area contributed by atoms with Crippen LogP contribution in [0.4, 0.5) is 0 Å². The van der Waals surface area contributed by atoms with Gasteiger partial charge in [-0.2, -0.15) is 0 Å². The zero-order valence-corrected chi connectivity index (χ0v) is 25.7. The molecule has 1 aromatic rings. The number of carbonyl (C=O) groups excluding carboxylic acids is 2. The highest BCUT2D eigenvalue weighted by Gasteiger charge is 2.31. The number of Topliss-reactive ketones (excluding diaryl/α,β-unsaturated/α-hetero) is 1. The lowest BCUT2D eigenvalue weighted by molar-refractivity contribution is -0.129. The minimum atomic E-state index is -0.819. The molecule has 8 nitrogen and oxygen atoms in total. The van der Waals surface area contributed by atoms with E-state index in [1.807, 2.05) is 45.9 Å². The van der Waals surface area contributed by atoms with Crippen LogP contribution in [0, 0.1) is 29.1 Å². The minimum absolute atomic E-state index is 0.0207. The molecule has 1 amide bonds. The molecular formula is C31H54N2O6. The summed E-state index contributed by atoms with van der Waals surface area (Å²) in [6.07, 6.45) is 1.65. The molecule has 0 aliphatic rings. The first-order valence-corrected chi connectivity index (χ1v) is 14.2. The molecule has 0 aliphatic carbocycles. The van der Waals surface area contributed by atoms with Crippen LogP contribution in [0.15, 0.2) is 18.2 Å². The lowest BCUT2D eigenvalue weighted by Crippen LogP contribution is -2.45. The summed E-state index contributed by atoms with van der Waals surface area (Å²) in [6.45, 7) is 14.9. The number of aliphatic hydroxyl groups is 1. The number of nitrogens with two attached hydrogens (primary N) is 1. The maximum absolute atomic E-state index is 13.0. The van der Waals surface area contributed by atoms with Crippen LogP contribution >= 0.6 is 0 Å². The molecule has 1 rings (SSSR count). The molecule has 0 spiro atoms. The SMILES string of the molecule is COCCCOc1cc(C[C@@H](C[C@H](N)[C@@H](O)C[C@H](C(=O)NCC(C)(C)C(C)=O)C(C)C)C(C)C)ccc1OC. The van der Waals surface area contributed by atoms with Gasteiger partial charge in [-0.1, -0.05) is 47.6 Å². The van der Waals surface area contributed by atoms with Crippen molar-refractivity contribution in [3.63, 3.8) is 0 Å². The molecule has 0 aliphatic heterocycles. The Balaban J connectivity index is 2.87. The second-order valence-corrected chi connectivity index (χ2v) is 12.1. The largest absolute Gasteiger partial charge is 0.493 e. The van der Waals surface area contributed by atoms with Crippen molar-refractivity contribution in [3.8, 4) is 11.5 Å². The zero-order valence-electron chi connectivity index (χ0n) is 25.7. The fourth-order valence-electron chi connectivity index (χ4n) is 4.43. The van der Waals surface area contributed by atoms with Crippen molar-refractivity contribution in [2.24, 2.45) is 34.8 Å². The highest BCUT2D eigenvalue weighted by molar-refractivity contribution is 5.83. The van der Waals surface area contributed by atoms with E-state index in [1.165, 1.54) is 6.92 Å². The molecule has 224 valence electrons. The molecule has 0 heterocycles. The molecule has 1 aromatic carbocycles. The highest BCUT2D eigenvalue weighted by Crippen LogP contribution is 2.32. The van der Waals surface area contributed by atoms with E-state index in [2.05, 4.69) is 19.2 Å². The zero-order chi connectivity index (χ0) is 29.8. The van der Waals surface area contributed by atoms with Crippen molar-refractivity contribution in [2.75, 3.05) is 34.0 Å². The molecular weight excluding hydrogens is 496 g/mol. The summed E-state index contributed by atoms with van der Waals surface area (Å²) in [5.74, 6) is 1.46. The van der Waals surface area contributed by atoms with E-state index in [-0.39, 0.29) is 36.5 Å². The summed E-state index contributed by atoms with van der Waals surface area (Å²) in [5, 5.41) is 14.0. The number of hydrogen-bond acceptors (Lipinski definition) is 7. The number of nitrogens with one attached hydrogen (secondary N) is 1. The molecule has 0 bridgehead atoms. The third-order valence-corrected chi connectivity index (χ3v) is 7.78. The van der Waals surface area contributed by atoms with Gasteiger partial charge in [0.2, 0.25) is 5.91 Å². The monoisotopic (exact) mass is 550 g/mol. The standard InChI is InChI=1S/C31H54N2O6/c1-20(2)24(15-23-11-12-28(38-9)29(16-23)39-14-10-13-37-8)17-26(32)27(35)18-25(21(3)4)30(36)33-19-31(6,7)22(5)34/h11-12,16,20-21,24-27,35H,10,13-15,17-19,32H2,1-9H3,(H,33,36)/t24-,25-,26-,27-/m0/s1. The van der Waals surface area contributed by atoms with E-state index in [4.69, 9.17) is 19.9 Å². The molecule has 0 saturated carbocycles. The van der Waals surface area contributed by atoms with Crippen LogP contribution in [-0.4, -0.2) is 62.9 Å². The van der Waals surface area contributed by atoms with Gasteiger partial charge in [-0.15, -0.1) is 0 Å². The van der Waals surface area contributed by atoms with Crippen molar-refractivity contribution >= 4 is 11.7 Å². The van der Waals surface area contributed by atoms with E-state index in [0.29, 0.717) is 37.1 Å². The van der Waals surface area contributed by atoms with Crippen molar-refractivity contribution in [2.45, 2.75) is 86.3 Å². The number of hydrogen-bond donors (Lipinski definition) is 3. The van der Waals surface area contributed by atoms with E-state index >= 15 is 0 Å². The van der Waals surface area contributed by atoms with Gasteiger partial charge in [0.25, 0.3) is 0 Å². The van der Waals surface area contributed by atoms with Gasteiger partial charge in [0, 0.05) is 44.1 Å². The second-order valence-electron chi connectivity index (χ2n) is 12.1. The molecule has 39 heavy (non-hydrogen) atoms. The summed E-state index contributed by atoms with van der Waals surface area (Å²) in [5.41, 5.74) is 7.01. The minimum Gasteiger partial charge on any atom is -0.493 e. The van der Waals surface area contributed by atoms with Gasteiger partial charge in [0.05, 0.1) is 19.8 Å². The van der Waals surface area contributed by atoms with Crippen molar-refractivity contribution in [1.82, 2.24) is 5.32 Å². The Kier molecular flexibility index (Phi) is 15.0. The number of methoxy groups -OCH3 is 2. The smallest absolute Gasteiger partial charge is 0.223 e. The van der Waals surface area contributed by atoms with Gasteiger partial charge in [-0.05, 0) is 61.6 Å². The van der Waals surface area contributed by atoms with Crippen LogP contribution in [0.1, 0.15) is 73.3 Å². The van der Waals surface area contributed by atoms with Gasteiger partial charge in [0.15, 0.2) is 11.5 Å². The second kappa shape index (κ2) is 16.8.